The summed E-state index contributed by atoms with van der Waals surface area (Å²) in [5, 5.41) is 3.90. The van der Waals surface area contributed by atoms with Gasteiger partial charge in [0.1, 0.15) is 20.2 Å². The second kappa shape index (κ2) is 9.23. The maximum Gasteiger partial charge on any atom is 1.00 e. The minimum atomic E-state index is -5.13. The van der Waals surface area contributed by atoms with Crippen molar-refractivity contribution < 1.29 is 99.4 Å². The summed E-state index contributed by atoms with van der Waals surface area (Å²) in [6.07, 6.45) is -0.556. The molecule has 130 valence electrons. The Kier molecular flexibility index (Phi) is 9.11. The SMILES string of the molecule is COC(=O)C1=NN(c2cc(S(=O)(=O)[O-])ccc2S(=O)(=O)[O-])C(=O)C1.[Na+].[Na+]. The Hall–Kier alpha value is -0.350. The van der Waals surface area contributed by atoms with Crippen LogP contribution in [0.15, 0.2) is 33.1 Å². The van der Waals surface area contributed by atoms with Gasteiger partial charge in [0.25, 0.3) is 5.91 Å². The molecule has 2 rings (SSSR count). The smallest absolute Gasteiger partial charge is 0.744 e. The Morgan fingerprint density at radius 2 is 1.73 bits per heavy atom. The standard InChI is InChI=1S/C11H10N2O9S2.2Na/c1-22-11(15)7-5-10(14)13(12-7)8-4-6(23(16,17)18)2-3-9(8)24(19,20)21;;/h2-4H,5H2,1H3,(H,16,17,18)(H,19,20,21);;/q;2*+1/p-2. The number of ether oxygens (including phenoxy) is 1. The molecule has 0 radical (unpaired) electrons. The summed E-state index contributed by atoms with van der Waals surface area (Å²) in [5.74, 6) is -1.88. The first-order valence-corrected chi connectivity index (χ1v) is 8.81. The third-order valence-electron chi connectivity index (χ3n) is 2.91. The number of anilines is 1. The van der Waals surface area contributed by atoms with Crippen molar-refractivity contribution in [1.29, 1.82) is 0 Å². The van der Waals surface area contributed by atoms with Crippen molar-refractivity contribution >= 4 is 43.5 Å². The molecule has 0 N–H and O–H groups in total. The zero-order valence-electron chi connectivity index (χ0n) is 13.8. The largest absolute Gasteiger partial charge is 1.00 e. The average molecular weight is 422 g/mol. The quantitative estimate of drug-likeness (QED) is 0.259. The summed E-state index contributed by atoms with van der Waals surface area (Å²) >= 11 is 0. The van der Waals surface area contributed by atoms with Gasteiger partial charge in [0.15, 0.2) is 5.71 Å². The summed E-state index contributed by atoms with van der Waals surface area (Å²) < 4.78 is 71.4. The number of benzene rings is 1. The number of rotatable bonds is 4. The second-order valence-electron chi connectivity index (χ2n) is 4.46. The Bertz CT molecular complexity index is 973. The molecule has 1 aliphatic rings. The monoisotopic (exact) mass is 422 g/mol. The molecule has 0 unspecified atom stereocenters. The van der Waals surface area contributed by atoms with Crippen LogP contribution in [-0.2, 0) is 34.6 Å². The van der Waals surface area contributed by atoms with Crippen molar-refractivity contribution in [3.05, 3.63) is 18.2 Å². The van der Waals surface area contributed by atoms with E-state index in [1.807, 2.05) is 0 Å². The van der Waals surface area contributed by atoms with Crippen LogP contribution in [0, 0.1) is 0 Å². The molecule has 0 saturated heterocycles. The molecule has 1 aromatic rings. The van der Waals surface area contributed by atoms with E-state index in [2.05, 4.69) is 9.84 Å². The molecule has 0 saturated carbocycles. The summed E-state index contributed by atoms with van der Waals surface area (Å²) in [6, 6.07) is 1.71. The molecular weight excluding hydrogens is 414 g/mol. The third-order valence-corrected chi connectivity index (χ3v) is 4.63. The Morgan fingerprint density at radius 3 is 2.19 bits per heavy atom. The van der Waals surface area contributed by atoms with E-state index in [1.54, 1.807) is 0 Å². The van der Waals surface area contributed by atoms with Gasteiger partial charge in [0.05, 0.1) is 29.0 Å². The zero-order chi connectivity index (χ0) is 18.3. The molecule has 0 aromatic heterocycles. The fourth-order valence-electron chi connectivity index (χ4n) is 1.88. The molecule has 11 nitrogen and oxygen atoms in total. The van der Waals surface area contributed by atoms with E-state index in [4.69, 9.17) is 0 Å². The van der Waals surface area contributed by atoms with E-state index in [-0.39, 0.29) is 64.8 Å². The van der Waals surface area contributed by atoms with E-state index in [1.165, 1.54) is 0 Å². The van der Waals surface area contributed by atoms with Crippen LogP contribution in [0.2, 0.25) is 0 Å². The topological polar surface area (TPSA) is 173 Å². The van der Waals surface area contributed by atoms with Gasteiger partial charge in [-0.15, -0.1) is 0 Å². The molecule has 0 aliphatic carbocycles. The van der Waals surface area contributed by atoms with Gasteiger partial charge in [0, 0.05) is 0 Å². The predicted molar refractivity (Wildman–Crippen MR) is 73.9 cm³/mol. The maximum absolute atomic E-state index is 11.9. The van der Waals surface area contributed by atoms with Gasteiger partial charge < -0.3 is 13.8 Å². The Morgan fingerprint density at radius 1 is 1.15 bits per heavy atom. The van der Waals surface area contributed by atoms with Crippen LogP contribution in [0.3, 0.4) is 0 Å². The molecular formula is C11H8N2Na2O9S2. The van der Waals surface area contributed by atoms with Gasteiger partial charge in [-0.05, 0) is 18.2 Å². The van der Waals surface area contributed by atoms with Crippen LogP contribution in [0.1, 0.15) is 6.42 Å². The summed E-state index contributed by atoms with van der Waals surface area (Å²) in [7, 11) is -9.10. The van der Waals surface area contributed by atoms with Gasteiger partial charge in [0.2, 0.25) is 0 Å². The molecule has 0 atom stereocenters. The molecule has 1 aliphatic heterocycles. The average Bonchev–Trinajstić information content (AvgIpc) is 2.85. The van der Waals surface area contributed by atoms with Crippen LogP contribution < -0.4 is 64.1 Å². The van der Waals surface area contributed by atoms with Crippen LogP contribution in [0.5, 0.6) is 0 Å². The number of carbonyl (C=O) groups is 2. The number of hydrogen-bond acceptors (Lipinski definition) is 10. The second-order valence-corrected chi connectivity index (χ2v) is 7.19. The molecule has 0 fully saturated rings. The molecule has 26 heavy (non-hydrogen) atoms. The van der Waals surface area contributed by atoms with Crippen molar-refractivity contribution in [1.82, 2.24) is 0 Å². The van der Waals surface area contributed by atoms with Gasteiger partial charge in [-0.1, -0.05) is 0 Å². The van der Waals surface area contributed by atoms with Crippen molar-refractivity contribution in [3.8, 4) is 0 Å². The van der Waals surface area contributed by atoms with Gasteiger partial charge in [-0.3, -0.25) is 4.79 Å². The molecule has 0 bridgehead atoms. The van der Waals surface area contributed by atoms with Crippen molar-refractivity contribution in [2.75, 3.05) is 12.1 Å². The molecule has 1 heterocycles. The fourth-order valence-corrected chi connectivity index (χ4v) is 3.01. The number of amides is 1. The number of esters is 1. The molecule has 1 aromatic carbocycles. The van der Waals surface area contributed by atoms with Crippen LogP contribution >= 0.6 is 0 Å². The van der Waals surface area contributed by atoms with Crippen molar-refractivity contribution in [2.24, 2.45) is 5.10 Å². The van der Waals surface area contributed by atoms with E-state index in [9.17, 15) is 35.5 Å². The van der Waals surface area contributed by atoms with E-state index < -0.39 is 54.0 Å². The third kappa shape index (κ3) is 5.58. The van der Waals surface area contributed by atoms with Gasteiger partial charge >= 0.3 is 65.1 Å². The summed E-state index contributed by atoms with van der Waals surface area (Å²) in [5.41, 5.74) is -1.13. The van der Waals surface area contributed by atoms with Gasteiger partial charge in [-0.25, -0.2) is 21.6 Å². The maximum atomic E-state index is 11.9. The first-order chi connectivity index (χ1) is 10.9. The number of nitrogens with zero attached hydrogens (tertiary/aromatic N) is 2. The number of hydrogen-bond donors (Lipinski definition) is 0. The fraction of sp³-hybridized carbons (Fsp3) is 0.182. The predicted octanol–water partition coefficient (Wildman–Crippen LogP) is -7.23. The van der Waals surface area contributed by atoms with Gasteiger partial charge in [-0.2, -0.15) is 10.1 Å². The normalized spacial score (nSPS) is 14.2. The number of hydrazone groups is 1. The first kappa shape index (κ1) is 25.7. The molecule has 1 amide bonds. The Balaban J connectivity index is 0.00000312. The van der Waals surface area contributed by atoms with Crippen LogP contribution in [0.25, 0.3) is 0 Å². The van der Waals surface area contributed by atoms with E-state index in [0.29, 0.717) is 23.2 Å². The summed E-state index contributed by atoms with van der Waals surface area (Å²) in [4.78, 5) is 21.5. The zero-order valence-corrected chi connectivity index (χ0v) is 19.5. The molecule has 0 spiro atoms. The van der Waals surface area contributed by atoms with Crippen molar-refractivity contribution in [3.63, 3.8) is 0 Å². The van der Waals surface area contributed by atoms with Crippen molar-refractivity contribution in [2.45, 2.75) is 16.2 Å². The van der Waals surface area contributed by atoms with Crippen LogP contribution in [0.4, 0.5) is 5.69 Å². The minimum absolute atomic E-state index is 0. The number of carbonyl (C=O) groups excluding carboxylic acids is 2. The van der Waals surface area contributed by atoms with Crippen LogP contribution in [-0.4, -0.2) is 50.6 Å². The Labute approximate surface area is 192 Å². The molecule has 15 heteroatoms. The van der Waals surface area contributed by atoms with E-state index >= 15 is 0 Å². The first-order valence-electron chi connectivity index (χ1n) is 5.99. The van der Waals surface area contributed by atoms with E-state index in [0.717, 1.165) is 7.11 Å². The minimum Gasteiger partial charge on any atom is -0.744 e. The summed E-state index contributed by atoms with van der Waals surface area (Å²) in [6.45, 7) is 0. The number of methoxy groups -OCH3 is 1.